The molecule has 20 heavy (non-hydrogen) atoms. The van der Waals surface area contributed by atoms with Crippen molar-refractivity contribution in [3.05, 3.63) is 35.5 Å². The molecule has 0 aliphatic heterocycles. The van der Waals surface area contributed by atoms with E-state index >= 15 is 0 Å². The van der Waals surface area contributed by atoms with Crippen LogP contribution in [0.15, 0.2) is 24.3 Å². The second-order valence-corrected chi connectivity index (χ2v) is 5.62. The van der Waals surface area contributed by atoms with E-state index in [1.807, 2.05) is 6.07 Å². The van der Waals surface area contributed by atoms with E-state index in [0.717, 1.165) is 12.1 Å². The Hall–Kier alpha value is -1.81. The van der Waals surface area contributed by atoms with E-state index in [9.17, 15) is 4.79 Å². The van der Waals surface area contributed by atoms with Crippen molar-refractivity contribution >= 4 is 16.9 Å². The van der Waals surface area contributed by atoms with Gasteiger partial charge in [0.15, 0.2) is 0 Å². The molecule has 106 valence electrons. The molecule has 0 amide bonds. The number of aliphatic carboxylic acids is 1. The molecule has 1 aromatic carbocycles. The van der Waals surface area contributed by atoms with Crippen LogP contribution in [0.1, 0.15) is 30.5 Å². The number of hydrogen-bond acceptors (Lipinski definition) is 2. The highest BCUT2D eigenvalue weighted by Crippen LogP contribution is 2.31. The van der Waals surface area contributed by atoms with Gasteiger partial charge in [-0.15, -0.1) is 0 Å². The monoisotopic (exact) mass is 272 g/mol. The maximum absolute atomic E-state index is 10.8. The van der Waals surface area contributed by atoms with Gasteiger partial charge in [0.05, 0.1) is 6.42 Å². The third kappa shape index (κ3) is 2.70. The summed E-state index contributed by atoms with van der Waals surface area (Å²) in [6, 6.07) is 8.88. The number of carboxylic acids is 1. The van der Waals surface area contributed by atoms with Crippen molar-refractivity contribution in [2.24, 2.45) is 0 Å². The molecule has 2 N–H and O–H groups in total. The van der Waals surface area contributed by atoms with Crippen LogP contribution in [0.5, 0.6) is 0 Å². The molecule has 0 spiro atoms. The van der Waals surface area contributed by atoms with Gasteiger partial charge in [-0.2, -0.15) is 0 Å². The molecular weight excluding hydrogens is 252 g/mol. The third-order valence-electron chi connectivity index (χ3n) is 4.06. The Bertz CT molecular complexity index is 628. The summed E-state index contributed by atoms with van der Waals surface area (Å²) in [5, 5.41) is 10.1. The average Bonchev–Trinajstić information content (AvgIpc) is 3.20. The van der Waals surface area contributed by atoms with Crippen LogP contribution in [-0.2, 0) is 11.3 Å². The standard InChI is InChI=1S/C16H20N2O2/c1-11-14(13-4-2-3-5-15(13)17-11)10-18(12-6-7-12)9-8-16(19)20/h2-5,12,17H,6-10H2,1H3,(H,19,20). The van der Waals surface area contributed by atoms with E-state index in [0.29, 0.717) is 12.6 Å². The number of carbonyl (C=O) groups is 1. The normalized spacial score (nSPS) is 15.1. The van der Waals surface area contributed by atoms with Crippen molar-refractivity contribution in [1.29, 1.82) is 0 Å². The molecule has 1 saturated carbocycles. The predicted octanol–water partition coefficient (Wildman–Crippen LogP) is 2.92. The molecular formula is C16H20N2O2. The number of H-pyrrole nitrogens is 1. The Morgan fingerprint density at radius 1 is 1.40 bits per heavy atom. The molecule has 0 bridgehead atoms. The van der Waals surface area contributed by atoms with Gasteiger partial charge in [-0.05, 0) is 31.4 Å². The molecule has 0 radical (unpaired) electrons. The Morgan fingerprint density at radius 3 is 2.85 bits per heavy atom. The zero-order chi connectivity index (χ0) is 14.1. The van der Waals surface area contributed by atoms with Crippen molar-refractivity contribution < 1.29 is 9.90 Å². The van der Waals surface area contributed by atoms with Crippen molar-refractivity contribution in [3.63, 3.8) is 0 Å². The van der Waals surface area contributed by atoms with Crippen molar-refractivity contribution in [3.8, 4) is 0 Å². The van der Waals surface area contributed by atoms with Crippen LogP contribution in [0.3, 0.4) is 0 Å². The van der Waals surface area contributed by atoms with Crippen molar-refractivity contribution in [1.82, 2.24) is 9.88 Å². The second kappa shape index (κ2) is 5.29. The first-order chi connectivity index (χ1) is 9.65. The molecule has 0 unspecified atom stereocenters. The van der Waals surface area contributed by atoms with Crippen LogP contribution in [0, 0.1) is 6.92 Å². The van der Waals surface area contributed by atoms with Crippen molar-refractivity contribution in [2.45, 2.75) is 38.8 Å². The fraction of sp³-hybridized carbons (Fsp3) is 0.438. The van der Waals surface area contributed by atoms with Crippen LogP contribution in [0.2, 0.25) is 0 Å². The molecule has 1 aliphatic carbocycles. The average molecular weight is 272 g/mol. The molecule has 1 heterocycles. The van der Waals surface area contributed by atoms with E-state index in [2.05, 4.69) is 35.0 Å². The van der Waals surface area contributed by atoms with E-state index in [4.69, 9.17) is 5.11 Å². The van der Waals surface area contributed by atoms with Crippen molar-refractivity contribution in [2.75, 3.05) is 6.54 Å². The topological polar surface area (TPSA) is 56.3 Å². The number of carboxylic acid groups (broad SMARTS) is 1. The fourth-order valence-electron chi connectivity index (χ4n) is 2.81. The number of rotatable bonds is 6. The zero-order valence-electron chi connectivity index (χ0n) is 11.7. The summed E-state index contributed by atoms with van der Waals surface area (Å²) in [4.78, 5) is 16.5. The highest BCUT2D eigenvalue weighted by atomic mass is 16.4. The van der Waals surface area contributed by atoms with E-state index in [-0.39, 0.29) is 6.42 Å². The van der Waals surface area contributed by atoms with E-state index in [1.54, 1.807) is 0 Å². The minimum absolute atomic E-state index is 0.220. The first kappa shape index (κ1) is 13.2. The fourth-order valence-corrected chi connectivity index (χ4v) is 2.81. The summed E-state index contributed by atoms with van der Waals surface area (Å²) in [6.07, 6.45) is 2.61. The summed E-state index contributed by atoms with van der Waals surface area (Å²) >= 11 is 0. The zero-order valence-corrected chi connectivity index (χ0v) is 11.7. The summed E-state index contributed by atoms with van der Waals surface area (Å²) in [6.45, 7) is 3.57. The van der Waals surface area contributed by atoms with Gasteiger partial charge in [0, 0.05) is 35.7 Å². The molecule has 1 aliphatic rings. The number of fused-ring (bicyclic) bond motifs is 1. The lowest BCUT2D eigenvalue weighted by atomic mass is 10.1. The molecule has 1 aromatic heterocycles. The van der Waals surface area contributed by atoms with Gasteiger partial charge in [0.2, 0.25) is 0 Å². The first-order valence-corrected chi connectivity index (χ1v) is 7.17. The molecule has 2 aromatic rings. The van der Waals surface area contributed by atoms with Gasteiger partial charge in [0.1, 0.15) is 0 Å². The number of aryl methyl sites for hydroxylation is 1. The highest BCUT2D eigenvalue weighted by Gasteiger charge is 2.29. The number of hydrogen-bond donors (Lipinski definition) is 2. The lowest BCUT2D eigenvalue weighted by Crippen LogP contribution is -2.28. The van der Waals surface area contributed by atoms with Gasteiger partial charge >= 0.3 is 5.97 Å². The van der Waals surface area contributed by atoms with Crippen LogP contribution in [-0.4, -0.2) is 33.5 Å². The Morgan fingerprint density at radius 2 is 2.15 bits per heavy atom. The molecule has 0 saturated heterocycles. The summed E-state index contributed by atoms with van der Waals surface area (Å²) in [7, 11) is 0. The number of nitrogens with zero attached hydrogens (tertiary/aromatic N) is 1. The van der Waals surface area contributed by atoms with Gasteiger partial charge in [-0.25, -0.2) is 0 Å². The van der Waals surface area contributed by atoms with Crippen LogP contribution >= 0.6 is 0 Å². The predicted molar refractivity (Wildman–Crippen MR) is 78.7 cm³/mol. The van der Waals surface area contributed by atoms with Crippen LogP contribution < -0.4 is 0 Å². The van der Waals surface area contributed by atoms with Crippen LogP contribution in [0.25, 0.3) is 10.9 Å². The van der Waals surface area contributed by atoms with Gasteiger partial charge in [0.25, 0.3) is 0 Å². The summed E-state index contributed by atoms with van der Waals surface area (Å²) in [5.41, 5.74) is 3.65. The summed E-state index contributed by atoms with van der Waals surface area (Å²) in [5.74, 6) is -0.716. The van der Waals surface area contributed by atoms with Gasteiger partial charge in [-0.3, -0.25) is 9.69 Å². The number of aromatic nitrogens is 1. The molecule has 4 nitrogen and oxygen atoms in total. The van der Waals surface area contributed by atoms with Gasteiger partial charge < -0.3 is 10.1 Å². The van der Waals surface area contributed by atoms with E-state index in [1.165, 1.54) is 29.5 Å². The largest absolute Gasteiger partial charge is 0.481 e. The molecule has 4 heteroatoms. The first-order valence-electron chi connectivity index (χ1n) is 7.17. The Balaban J connectivity index is 1.82. The lowest BCUT2D eigenvalue weighted by molar-refractivity contribution is -0.137. The maximum atomic E-state index is 10.8. The highest BCUT2D eigenvalue weighted by molar-refractivity contribution is 5.84. The third-order valence-corrected chi connectivity index (χ3v) is 4.06. The minimum atomic E-state index is -0.716. The van der Waals surface area contributed by atoms with Gasteiger partial charge in [-0.1, -0.05) is 18.2 Å². The van der Waals surface area contributed by atoms with E-state index < -0.39 is 5.97 Å². The minimum Gasteiger partial charge on any atom is -0.481 e. The lowest BCUT2D eigenvalue weighted by Gasteiger charge is -2.21. The quantitative estimate of drug-likeness (QED) is 0.850. The Labute approximate surface area is 118 Å². The summed E-state index contributed by atoms with van der Waals surface area (Å²) < 4.78 is 0. The van der Waals surface area contributed by atoms with Crippen LogP contribution in [0.4, 0.5) is 0 Å². The number of para-hydroxylation sites is 1. The Kier molecular flexibility index (Phi) is 3.49. The second-order valence-electron chi connectivity index (χ2n) is 5.62. The number of nitrogens with one attached hydrogen (secondary N) is 1. The number of benzene rings is 1. The SMILES string of the molecule is Cc1[nH]c2ccccc2c1CN(CCC(=O)O)C1CC1. The number of aromatic amines is 1. The molecule has 0 atom stereocenters. The smallest absolute Gasteiger partial charge is 0.304 e. The molecule has 1 fully saturated rings. The maximum Gasteiger partial charge on any atom is 0.304 e. The molecule has 3 rings (SSSR count).